The number of pyridine rings is 1. The Morgan fingerprint density at radius 1 is 1.22 bits per heavy atom. The first kappa shape index (κ1) is 23.5. The molecule has 1 saturated heterocycles. The molecule has 0 amide bonds. The molecule has 4 aromatic rings. The van der Waals surface area contributed by atoms with E-state index in [1.807, 2.05) is 18.3 Å². The number of aromatic nitrogens is 5. The largest absolute Gasteiger partial charge is 0.342 e. The number of aromatic amines is 1. The molecule has 2 unspecified atom stereocenters. The highest BCUT2D eigenvalue weighted by molar-refractivity contribution is 6.37. The minimum atomic E-state index is -2.56. The van der Waals surface area contributed by atoms with Gasteiger partial charge in [0.25, 0.3) is 5.92 Å². The molecule has 2 aliphatic rings. The molecule has 6 rings (SSSR count). The van der Waals surface area contributed by atoms with E-state index in [-0.39, 0.29) is 13.0 Å². The predicted octanol–water partition coefficient (Wildman–Crippen LogP) is 4.69. The average Bonchev–Trinajstić information content (AvgIpc) is 3.22. The van der Waals surface area contributed by atoms with Crippen LogP contribution in [0.4, 0.5) is 8.78 Å². The fourth-order valence-corrected chi connectivity index (χ4v) is 5.32. The summed E-state index contributed by atoms with van der Waals surface area (Å²) in [6.07, 6.45) is 5.79. The molecule has 1 aromatic carbocycles. The zero-order valence-electron chi connectivity index (χ0n) is 20.0. The summed E-state index contributed by atoms with van der Waals surface area (Å²) in [4.78, 5) is 15.2. The van der Waals surface area contributed by atoms with Gasteiger partial charge in [0, 0.05) is 86.7 Å². The van der Waals surface area contributed by atoms with E-state index >= 15 is 0 Å². The Kier molecular flexibility index (Phi) is 6.02. The van der Waals surface area contributed by atoms with Gasteiger partial charge in [-0.2, -0.15) is 5.10 Å². The average molecular weight is 512 g/mol. The third-order valence-electron chi connectivity index (χ3n) is 7.32. The van der Waals surface area contributed by atoms with E-state index in [1.165, 1.54) is 5.56 Å². The molecule has 2 fully saturated rings. The number of piperazine rings is 1. The van der Waals surface area contributed by atoms with Crippen molar-refractivity contribution in [2.45, 2.75) is 38.3 Å². The number of nitrogens with one attached hydrogen (secondary N) is 2. The molecule has 3 aromatic heterocycles. The van der Waals surface area contributed by atoms with Crippen LogP contribution >= 0.6 is 11.6 Å². The Morgan fingerprint density at radius 2 is 2.03 bits per heavy atom. The molecule has 188 valence electrons. The molecule has 36 heavy (non-hydrogen) atoms. The minimum absolute atomic E-state index is 0.0721. The van der Waals surface area contributed by atoms with Crippen molar-refractivity contribution in [1.82, 2.24) is 34.9 Å². The predicted molar refractivity (Wildman–Crippen MR) is 135 cm³/mol. The van der Waals surface area contributed by atoms with E-state index in [0.717, 1.165) is 54.3 Å². The summed E-state index contributed by atoms with van der Waals surface area (Å²) in [6, 6.07) is 8.42. The second-order valence-corrected chi connectivity index (χ2v) is 10.2. The molecule has 10 heteroatoms. The maximum absolute atomic E-state index is 13.3. The van der Waals surface area contributed by atoms with Gasteiger partial charge in [-0.25, -0.2) is 13.8 Å². The van der Waals surface area contributed by atoms with Gasteiger partial charge >= 0.3 is 0 Å². The van der Waals surface area contributed by atoms with Gasteiger partial charge in [0.2, 0.25) is 0 Å². The molecule has 2 atom stereocenters. The Balaban J connectivity index is 1.20. The van der Waals surface area contributed by atoms with E-state index in [9.17, 15) is 8.78 Å². The summed E-state index contributed by atoms with van der Waals surface area (Å²) in [5, 5.41) is 8.17. The summed E-state index contributed by atoms with van der Waals surface area (Å²) in [5.74, 6) is -2.41. The van der Waals surface area contributed by atoms with Crippen molar-refractivity contribution < 1.29 is 8.78 Å². The fourth-order valence-electron chi connectivity index (χ4n) is 5.00. The number of imidazole rings is 1. The van der Waals surface area contributed by atoms with Gasteiger partial charge in [-0.15, -0.1) is 0 Å². The van der Waals surface area contributed by atoms with Gasteiger partial charge in [-0.05, 0) is 30.7 Å². The van der Waals surface area contributed by atoms with E-state index in [1.54, 1.807) is 17.1 Å². The Morgan fingerprint density at radius 3 is 2.81 bits per heavy atom. The third-order valence-corrected chi connectivity index (χ3v) is 7.70. The maximum Gasteiger partial charge on any atom is 0.253 e. The topological polar surface area (TPSA) is 74.7 Å². The smallest absolute Gasteiger partial charge is 0.253 e. The van der Waals surface area contributed by atoms with Crippen molar-refractivity contribution in [1.29, 1.82) is 0 Å². The number of H-pyrrole nitrogens is 1. The van der Waals surface area contributed by atoms with Crippen molar-refractivity contribution in [2.75, 3.05) is 26.2 Å². The number of benzene rings is 1. The van der Waals surface area contributed by atoms with Crippen LogP contribution in [0.25, 0.3) is 22.2 Å². The number of hydrogen-bond acceptors (Lipinski definition) is 5. The van der Waals surface area contributed by atoms with Crippen LogP contribution in [-0.2, 0) is 13.0 Å². The number of alkyl halides is 2. The molecule has 4 heterocycles. The van der Waals surface area contributed by atoms with Gasteiger partial charge in [-0.1, -0.05) is 17.7 Å². The first-order chi connectivity index (χ1) is 17.4. The van der Waals surface area contributed by atoms with Crippen molar-refractivity contribution in [3.8, 4) is 11.1 Å². The second-order valence-electron chi connectivity index (χ2n) is 9.84. The van der Waals surface area contributed by atoms with Crippen LogP contribution < -0.4 is 5.32 Å². The van der Waals surface area contributed by atoms with Gasteiger partial charge in [0.15, 0.2) is 0 Å². The van der Waals surface area contributed by atoms with E-state index in [2.05, 4.69) is 44.3 Å². The monoisotopic (exact) mass is 511 g/mol. The number of rotatable bonds is 7. The van der Waals surface area contributed by atoms with Crippen LogP contribution in [0.2, 0.25) is 5.02 Å². The number of fused-ring (bicyclic) bond motifs is 1. The zero-order chi connectivity index (χ0) is 24.9. The van der Waals surface area contributed by atoms with Crippen molar-refractivity contribution >= 4 is 22.6 Å². The Labute approximate surface area is 212 Å². The highest BCUT2D eigenvalue weighted by Crippen LogP contribution is 2.49. The molecule has 2 N–H and O–H groups in total. The van der Waals surface area contributed by atoms with Crippen LogP contribution in [0.1, 0.15) is 36.5 Å². The van der Waals surface area contributed by atoms with Gasteiger partial charge in [0.05, 0.1) is 16.7 Å². The van der Waals surface area contributed by atoms with Crippen LogP contribution in [0.15, 0.2) is 42.9 Å². The first-order valence-electron chi connectivity index (χ1n) is 12.3. The molecular weight excluding hydrogens is 484 g/mol. The number of nitrogens with zero attached hydrogens (tertiary/aromatic N) is 5. The number of halogens is 3. The number of hydrogen-bond donors (Lipinski definition) is 2. The lowest BCUT2D eigenvalue weighted by atomic mass is 10.1. The third kappa shape index (κ3) is 4.63. The van der Waals surface area contributed by atoms with Crippen LogP contribution in [0, 0.1) is 5.92 Å². The normalized spacial score (nSPS) is 20.6. The lowest BCUT2D eigenvalue weighted by molar-refractivity contribution is 0.0942. The van der Waals surface area contributed by atoms with E-state index in [0.29, 0.717) is 23.0 Å². The van der Waals surface area contributed by atoms with E-state index in [4.69, 9.17) is 16.6 Å². The summed E-state index contributed by atoms with van der Waals surface area (Å²) >= 11 is 6.75. The fraction of sp³-hybridized carbons (Fsp3) is 0.423. The summed E-state index contributed by atoms with van der Waals surface area (Å²) in [5.41, 5.74) is 5.28. The van der Waals surface area contributed by atoms with Crippen LogP contribution in [-0.4, -0.2) is 61.7 Å². The van der Waals surface area contributed by atoms with Gasteiger partial charge in [0.1, 0.15) is 11.3 Å². The maximum atomic E-state index is 13.3. The van der Waals surface area contributed by atoms with Crippen LogP contribution in [0.5, 0.6) is 0 Å². The second kappa shape index (κ2) is 9.21. The molecule has 7 nitrogen and oxygen atoms in total. The lowest BCUT2D eigenvalue weighted by Gasteiger charge is -2.33. The highest BCUT2D eigenvalue weighted by atomic mass is 35.5. The van der Waals surface area contributed by atoms with Gasteiger partial charge < -0.3 is 10.3 Å². The summed E-state index contributed by atoms with van der Waals surface area (Å²) < 4.78 is 28.1. The molecule has 1 saturated carbocycles. The van der Waals surface area contributed by atoms with Gasteiger partial charge in [-0.3, -0.25) is 14.6 Å². The molecule has 1 aliphatic heterocycles. The Bertz CT molecular complexity index is 1390. The SMILES string of the molecule is CC(c1ccnc(Cc2nc3c(Cl)c(-c4cnn(CC5CC5(F)F)c4)ccc3[nH]2)c1)N1CCNCC1. The molecule has 0 bridgehead atoms. The van der Waals surface area contributed by atoms with Crippen molar-refractivity contribution in [3.63, 3.8) is 0 Å². The lowest BCUT2D eigenvalue weighted by Crippen LogP contribution is -2.44. The highest BCUT2D eigenvalue weighted by Gasteiger charge is 2.56. The standard InChI is InChI=1S/C26H28ClF2N7/c1-16(35-8-6-30-7-9-35)17-4-5-31-20(10-17)11-23-33-22-3-2-21(24(27)25(22)34-23)18-13-32-36(14-18)15-19-12-26(19,28)29/h2-5,10,13-14,16,19,30H,6-9,11-12,15H2,1H3,(H,33,34). The van der Waals surface area contributed by atoms with Crippen molar-refractivity contribution in [3.05, 3.63) is 65.0 Å². The molecule has 0 radical (unpaired) electrons. The summed E-state index contributed by atoms with van der Waals surface area (Å²) in [6.45, 7) is 6.55. The zero-order valence-corrected chi connectivity index (χ0v) is 20.8. The molecule has 0 spiro atoms. The minimum Gasteiger partial charge on any atom is -0.342 e. The molecule has 1 aliphatic carbocycles. The van der Waals surface area contributed by atoms with Crippen molar-refractivity contribution in [2.24, 2.45) is 5.92 Å². The summed E-state index contributed by atoms with van der Waals surface area (Å²) in [7, 11) is 0. The Hall–Kier alpha value is -2.88. The van der Waals surface area contributed by atoms with Crippen LogP contribution in [0.3, 0.4) is 0 Å². The quantitative estimate of drug-likeness (QED) is 0.376. The first-order valence-corrected chi connectivity index (χ1v) is 12.7. The van der Waals surface area contributed by atoms with E-state index < -0.39 is 11.8 Å². The molecular formula is C26H28ClF2N7.